The molecule has 0 saturated carbocycles. The molecule has 1 aromatic rings. The van der Waals surface area contributed by atoms with Gasteiger partial charge in [0.05, 0.1) is 4.92 Å². The summed E-state index contributed by atoms with van der Waals surface area (Å²) >= 11 is 0. The van der Waals surface area contributed by atoms with Crippen molar-refractivity contribution in [3.63, 3.8) is 0 Å². The van der Waals surface area contributed by atoms with E-state index in [1.165, 1.54) is 0 Å². The molecule has 0 fully saturated rings. The summed E-state index contributed by atoms with van der Waals surface area (Å²) < 4.78 is 4.95. The van der Waals surface area contributed by atoms with E-state index in [2.05, 4.69) is 20.6 Å². The molecular weight excluding hydrogens is 262 g/mol. The van der Waals surface area contributed by atoms with E-state index in [4.69, 9.17) is 4.74 Å². The van der Waals surface area contributed by atoms with E-state index in [9.17, 15) is 10.1 Å². The third-order valence-corrected chi connectivity index (χ3v) is 2.64. The Morgan fingerprint density at radius 1 is 1.30 bits per heavy atom. The molecule has 8 heteroatoms. The lowest BCUT2D eigenvalue weighted by atomic mass is 10.3. The highest BCUT2D eigenvalue weighted by atomic mass is 16.6. The molecule has 0 radical (unpaired) electrons. The quantitative estimate of drug-likeness (QED) is 0.405. The zero-order valence-electron chi connectivity index (χ0n) is 12.1. The largest absolute Gasteiger partial charge is 0.385 e. The van der Waals surface area contributed by atoms with Crippen LogP contribution in [0.4, 0.5) is 17.5 Å². The Morgan fingerprint density at radius 3 is 2.65 bits per heavy atom. The summed E-state index contributed by atoms with van der Waals surface area (Å²) in [5.74, 6) is 0.658. The van der Waals surface area contributed by atoms with Crippen LogP contribution in [-0.4, -0.2) is 41.7 Å². The summed E-state index contributed by atoms with van der Waals surface area (Å²) in [6.45, 7) is 5.46. The number of nitrogens with zero attached hydrogens (tertiary/aromatic N) is 3. The van der Waals surface area contributed by atoms with Crippen LogP contribution in [0.2, 0.25) is 0 Å². The highest BCUT2D eigenvalue weighted by Gasteiger charge is 2.21. The van der Waals surface area contributed by atoms with Crippen molar-refractivity contribution in [1.29, 1.82) is 0 Å². The molecule has 0 atom stereocenters. The van der Waals surface area contributed by atoms with Crippen LogP contribution in [0.25, 0.3) is 0 Å². The number of nitro groups is 1. The Bertz CT molecular complexity index is 453. The lowest BCUT2D eigenvalue weighted by molar-refractivity contribution is -0.385. The third-order valence-electron chi connectivity index (χ3n) is 2.64. The maximum Gasteiger partial charge on any atom is 0.332 e. The highest BCUT2D eigenvalue weighted by molar-refractivity contribution is 5.60. The van der Waals surface area contributed by atoms with E-state index >= 15 is 0 Å². The van der Waals surface area contributed by atoms with Crippen LogP contribution < -0.4 is 10.6 Å². The minimum Gasteiger partial charge on any atom is -0.385 e. The monoisotopic (exact) mass is 283 g/mol. The molecule has 0 aromatic carbocycles. The number of anilines is 2. The number of hydrogen-bond acceptors (Lipinski definition) is 7. The Hall–Kier alpha value is -1.96. The van der Waals surface area contributed by atoms with Crippen LogP contribution >= 0.6 is 0 Å². The van der Waals surface area contributed by atoms with Crippen molar-refractivity contribution < 1.29 is 9.66 Å². The summed E-state index contributed by atoms with van der Waals surface area (Å²) in [7, 11) is 1.65. The fourth-order valence-electron chi connectivity index (χ4n) is 1.72. The summed E-state index contributed by atoms with van der Waals surface area (Å²) in [6.07, 6.45) is 1.74. The minimum atomic E-state index is -0.456. The Kier molecular flexibility index (Phi) is 6.65. The van der Waals surface area contributed by atoms with Crippen LogP contribution in [-0.2, 0) is 4.74 Å². The van der Waals surface area contributed by atoms with Crippen LogP contribution in [0.1, 0.15) is 25.5 Å². The molecule has 20 heavy (non-hydrogen) atoms. The predicted molar refractivity (Wildman–Crippen MR) is 77.2 cm³/mol. The molecule has 0 aliphatic carbocycles. The molecule has 0 amide bonds. The van der Waals surface area contributed by atoms with Crippen molar-refractivity contribution in [2.45, 2.75) is 26.7 Å². The number of nitrogens with one attached hydrogen (secondary N) is 2. The van der Waals surface area contributed by atoms with Gasteiger partial charge in [-0.25, -0.2) is 4.98 Å². The topological polar surface area (TPSA) is 102 Å². The number of unbranched alkanes of at least 4 members (excludes halogenated alkanes) is 1. The zero-order chi connectivity index (χ0) is 15.0. The highest BCUT2D eigenvalue weighted by Crippen LogP contribution is 2.26. The first-order valence-electron chi connectivity index (χ1n) is 6.59. The third kappa shape index (κ3) is 4.61. The molecule has 1 heterocycles. The van der Waals surface area contributed by atoms with E-state index in [0.717, 1.165) is 12.8 Å². The second-order valence-electron chi connectivity index (χ2n) is 4.24. The second kappa shape index (κ2) is 8.26. The molecule has 0 unspecified atom stereocenters. The van der Waals surface area contributed by atoms with E-state index < -0.39 is 4.92 Å². The Balaban J connectivity index is 2.81. The first kappa shape index (κ1) is 16.1. The van der Waals surface area contributed by atoms with Gasteiger partial charge in [-0.1, -0.05) is 0 Å². The van der Waals surface area contributed by atoms with Gasteiger partial charge in [0.25, 0.3) is 0 Å². The molecule has 8 nitrogen and oxygen atoms in total. The van der Waals surface area contributed by atoms with Gasteiger partial charge in [0.15, 0.2) is 0 Å². The molecule has 0 aliphatic rings. The molecule has 112 valence electrons. The fraction of sp³-hybridized carbons (Fsp3) is 0.667. The average molecular weight is 283 g/mol. The van der Waals surface area contributed by atoms with Gasteiger partial charge in [0.1, 0.15) is 5.69 Å². The Labute approximate surface area is 118 Å². The van der Waals surface area contributed by atoms with Crippen LogP contribution in [0, 0.1) is 17.0 Å². The van der Waals surface area contributed by atoms with Gasteiger partial charge in [-0.05, 0) is 26.7 Å². The van der Waals surface area contributed by atoms with Gasteiger partial charge < -0.3 is 15.4 Å². The first-order chi connectivity index (χ1) is 9.60. The molecule has 0 saturated heterocycles. The van der Waals surface area contributed by atoms with Crippen LogP contribution in [0.3, 0.4) is 0 Å². The molecule has 0 bridgehead atoms. The second-order valence-corrected chi connectivity index (χ2v) is 4.24. The van der Waals surface area contributed by atoms with E-state index in [1.54, 1.807) is 14.0 Å². The fourth-order valence-corrected chi connectivity index (χ4v) is 1.72. The molecule has 0 spiro atoms. The maximum absolute atomic E-state index is 11.1. The first-order valence-corrected chi connectivity index (χ1v) is 6.59. The number of ether oxygens (including phenoxy) is 1. The smallest absolute Gasteiger partial charge is 0.332 e. The number of aryl methyl sites for hydroxylation is 1. The lowest BCUT2D eigenvalue weighted by Crippen LogP contribution is -2.12. The molecule has 1 aromatic heterocycles. The van der Waals surface area contributed by atoms with Crippen molar-refractivity contribution in [2.75, 3.05) is 37.4 Å². The Morgan fingerprint density at radius 2 is 2.05 bits per heavy atom. The molecule has 2 N–H and O–H groups in total. The number of methoxy groups -OCH3 is 1. The van der Waals surface area contributed by atoms with Crippen molar-refractivity contribution in [2.24, 2.45) is 0 Å². The summed E-state index contributed by atoms with van der Waals surface area (Å²) in [4.78, 5) is 18.9. The molecule has 0 aliphatic heterocycles. The number of aromatic nitrogens is 2. The van der Waals surface area contributed by atoms with Gasteiger partial charge in [0, 0.05) is 26.8 Å². The van der Waals surface area contributed by atoms with Crippen LogP contribution in [0.5, 0.6) is 0 Å². The molecular formula is C12H21N5O3. The van der Waals surface area contributed by atoms with Crippen molar-refractivity contribution in [3.8, 4) is 0 Å². The normalized spacial score (nSPS) is 10.3. The van der Waals surface area contributed by atoms with Gasteiger partial charge in [-0.15, -0.1) is 0 Å². The van der Waals surface area contributed by atoms with Crippen molar-refractivity contribution in [1.82, 2.24) is 9.97 Å². The van der Waals surface area contributed by atoms with Gasteiger partial charge >= 0.3 is 5.69 Å². The van der Waals surface area contributed by atoms with Gasteiger partial charge in [0.2, 0.25) is 11.8 Å². The van der Waals surface area contributed by atoms with Crippen molar-refractivity contribution in [3.05, 3.63) is 15.8 Å². The van der Waals surface area contributed by atoms with E-state index in [0.29, 0.717) is 31.3 Å². The maximum atomic E-state index is 11.1. The predicted octanol–water partition coefficient (Wildman–Crippen LogP) is 1.96. The average Bonchev–Trinajstić information content (AvgIpc) is 2.38. The van der Waals surface area contributed by atoms with Crippen LogP contribution in [0.15, 0.2) is 0 Å². The summed E-state index contributed by atoms with van der Waals surface area (Å²) in [6, 6.07) is 0. The summed E-state index contributed by atoms with van der Waals surface area (Å²) in [5.41, 5.74) is 0.277. The van der Waals surface area contributed by atoms with E-state index in [1.807, 2.05) is 6.92 Å². The number of hydrogen-bond donors (Lipinski definition) is 2. The standard InChI is InChI=1S/C12H21N5O3/c1-4-13-12-15-9(2)10(17(18)19)11(16-12)14-7-5-6-8-20-3/h4-8H2,1-3H3,(H2,13,14,15,16). The zero-order valence-corrected chi connectivity index (χ0v) is 12.1. The van der Waals surface area contributed by atoms with E-state index in [-0.39, 0.29) is 11.5 Å². The molecule has 1 rings (SSSR count). The minimum absolute atomic E-state index is 0.0709. The van der Waals surface area contributed by atoms with Gasteiger partial charge in [-0.3, -0.25) is 10.1 Å². The number of rotatable bonds is 9. The van der Waals surface area contributed by atoms with Crippen molar-refractivity contribution >= 4 is 17.5 Å². The van der Waals surface area contributed by atoms with Gasteiger partial charge in [-0.2, -0.15) is 4.98 Å². The SMILES string of the molecule is CCNc1nc(C)c([N+](=O)[O-])c(NCCCCOC)n1. The lowest BCUT2D eigenvalue weighted by Gasteiger charge is -2.10. The summed E-state index contributed by atoms with van der Waals surface area (Å²) in [5, 5.41) is 17.1.